The van der Waals surface area contributed by atoms with E-state index in [1.165, 1.54) is 64.8 Å². The molecule has 0 atom stereocenters. The Kier molecular flexibility index (Phi) is 6.49. The lowest BCUT2D eigenvalue weighted by Crippen LogP contribution is -2.31. The summed E-state index contributed by atoms with van der Waals surface area (Å²) in [5.74, 6) is -1.08. The summed E-state index contributed by atoms with van der Waals surface area (Å²) in [5, 5.41) is 2.33. The summed E-state index contributed by atoms with van der Waals surface area (Å²) >= 11 is 7.29. The lowest BCUT2D eigenvalue weighted by atomic mass is 10.2. The van der Waals surface area contributed by atoms with Crippen molar-refractivity contribution in [2.45, 2.75) is 17.9 Å². The molecule has 0 unspecified atom stereocenters. The highest BCUT2D eigenvalue weighted by Crippen LogP contribution is 2.22. The van der Waals surface area contributed by atoms with Crippen molar-refractivity contribution < 1.29 is 17.6 Å². The van der Waals surface area contributed by atoms with E-state index in [1.54, 1.807) is 0 Å². The molecule has 0 spiro atoms. The zero-order chi connectivity index (χ0) is 20.1. The number of thiophene rings is 1. The third-order valence-electron chi connectivity index (χ3n) is 4.09. The second kappa shape index (κ2) is 8.86. The van der Waals surface area contributed by atoms with Gasteiger partial charge in [-0.15, -0.1) is 11.3 Å². The Morgan fingerprint density at radius 2 is 1.71 bits per heavy atom. The van der Waals surface area contributed by atoms with Gasteiger partial charge >= 0.3 is 0 Å². The Labute approximate surface area is 172 Å². The van der Waals surface area contributed by atoms with Crippen molar-refractivity contribution in [3.8, 4) is 0 Å². The van der Waals surface area contributed by atoms with E-state index in [1.807, 2.05) is 17.5 Å². The first kappa shape index (κ1) is 20.5. The summed E-state index contributed by atoms with van der Waals surface area (Å²) in [7, 11) is -3.62. The Morgan fingerprint density at radius 3 is 2.32 bits per heavy atom. The highest BCUT2D eigenvalue weighted by molar-refractivity contribution is 7.91. The normalized spacial score (nSPS) is 11.4. The summed E-state index contributed by atoms with van der Waals surface area (Å²) < 4.78 is 38.3. The molecule has 3 rings (SSSR count). The molecule has 28 heavy (non-hydrogen) atoms. The smallest absolute Gasteiger partial charge is 0.228 e. The van der Waals surface area contributed by atoms with Gasteiger partial charge in [0.15, 0.2) is 9.84 Å². The maximum atomic E-state index is 13.3. The molecule has 8 heteroatoms. The zero-order valence-corrected chi connectivity index (χ0v) is 17.1. The standard InChI is InChI=1S/C20H17ClFNO3S2/c21-15-3-9-19(10-4-15)28(25,26)13-11-20(24)23(14-18-2-1-12-27-18)17-7-5-16(22)6-8-17/h1-10,12H,11,13-14H2. The third kappa shape index (κ3) is 5.19. The third-order valence-corrected chi connectivity index (χ3v) is 6.94. The Hall–Kier alpha value is -2.22. The molecule has 3 aromatic rings. The number of nitrogens with zero attached hydrogens (tertiary/aromatic N) is 1. The molecule has 0 N–H and O–H groups in total. The van der Waals surface area contributed by atoms with Crippen LogP contribution in [0, 0.1) is 5.82 Å². The molecule has 1 heterocycles. The number of halogens is 2. The van der Waals surface area contributed by atoms with Crippen molar-refractivity contribution in [3.63, 3.8) is 0 Å². The van der Waals surface area contributed by atoms with E-state index >= 15 is 0 Å². The van der Waals surface area contributed by atoms with Gasteiger partial charge < -0.3 is 4.90 Å². The van der Waals surface area contributed by atoms with E-state index in [-0.39, 0.29) is 23.0 Å². The van der Waals surface area contributed by atoms with Gasteiger partial charge in [0.1, 0.15) is 5.82 Å². The minimum absolute atomic E-state index is 0.122. The number of benzene rings is 2. The van der Waals surface area contributed by atoms with Crippen LogP contribution in [0.1, 0.15) is 11.3 Å². The van der Waals surface area contributed by atoms with E-state index in [2.05, 4.69) is 0 Å². The van der Waals surface area contributed by atoms with E-state index in [0.29, 0.717) is 17.3 Å². The van der Waals surface area contributed by atoms with Gasteiger partial charge in [0, 0.05) is 22.0 Å². The SMILES string of the molecule is O=C(CCS(=O)(=O)c1ccc(Cl)cc1)N(Cc1cccs1)c1ccc(F)cc1. The summed E-state index contributed by atoms with van der Waals surface area (Å²) in [6.07, 6.45) is -0.187. The molecule has 1 aromatic heterocycles. The average Bonchev–Trinajstić information content (AvgIpc) is 3.19. The topological polar surface area (TPSA) is 54.5 Å². The molecular weight excluding hydrogens is 421 g/mol. The Morgan fingerprint density at radius 1 is 1.04 bits per heavy atom. The van der Waals surface area contributed by atoms with Crippen molar-refractivity contribution in [3.05, 3.63) is 81.8 Å². The second-order valence-electron chi connectivity index (χ2n) is 6.06. The van der Waals surface area contributed by atoms with Crippen molar-refractivity contribution in [1.29, 1.82) is 0 Å². The predicted octanol–water partition coefficient (Wildman–Crippen LogP) is 4.94. The molecule has 4 nitrogen and oxygen atoms in total. The van der Waals surface area contributed by atoms with Crippen LogP contribution < -0.4 is 4.90 Å². The highest BCUT2D eigenvalue weighted by atomic mass is 35.5. The largest absolute Gasteiger partial charge is 0.307 e. The average molecular weight is 438 g/mol. The number of hydrogen-bond acceptors (Lipinski definition) is 4. The monoisotopic (exact) mass is 437 g/mol. The van der Waals surface area contributed by atoms with Crippen LogP contribution in [-0.2, 0) is 21.2 Å². The van der Waals surface area contributed by atoms with Crippen LogP contribution in [0.5, 0.6) is 0 Å². The number of hydrogen-bond donors (Lipinski definition) is 0. The minimum atomic E-state index is -3.62. The molecule has 0 radical (unpaired) electrons. The minimum Gasteiger partial charge on any atom is -0.307 e. The predicted molar refractivity (Wildman–Crippen MR) is 110 cm³/mol. The Balaban J connectivity index is 1.77. The molecule has 2 aromatic carbocycles. The molecule has 0 aliphatic heterocycles. The first-order chi connectivity index (χ1) is 13.3. The number of amides is 1. The molecule has 0 saturated carbocycles. The number of sulfone groups is 1. The van der Waals surface area contributed by atoms with Gasteiger partial charge in [-0.2, -0.15) is 0 Å². The fourth-order valence-electron chi connectivity index (χ4n) is 2.62. The van der Waals surface area contributed by atoms with Gasteiger partial charge in [-0.05, 0) is 60.0 Å². The summed E-state index contributed by atoms with van der Waals surface area (Å²) in [6.45, 7) is 0.295. The summed E-state index contributed by atoms with van der Waals surface area (Å²) in [6, 6.07) is 15.2. The highest BCUT2D eigenvalue weighted by Gasteiger charge is 2.21. The molecule has 1 amide bonds. The molecule has 0 bridgehead atoms. The van der Waals surface area contributed by atoms with E-state index in [4.69, 9.17) is 11.6 Å². The van der Waals surface area contributed by atoms with Crippen LogP contribution in [0.2, 0.25) is 5.02 Å². The van der Waals surface area contributed by atoms with Gasteiger partial charge in [-0.1, -0.05) is 17.7 Å². The molecule has 146 valence electrons. The van der Waals surface area contributed by atoms with Crippen LogP contribution in [0.3, 0.4) is 0 Å². The van der Waals surface area contributed by atoms with Crippen LogP contribution in [-0.4, -0.2) is 20.1 Å². The van der Waals surface area contributed by atoms with Crippen LogP contribution in [0.4, 0.5) is 10.1 Å². The molecule has 0 aliphatic carbocycles. The first-order valence-electron chi connectivity index (χ1n) is 8.42. The first-order valence-corrected chi connectivity index (χ1v) is 11.3. The van der Waals surface area contributed by atoms with E-state index in [9.17, 15) is 17.6 Å². The van der Waals surface area contributed by atoms with Crippen molar-refractivity contribution in [1.82, 2.24) is 0 Å². The number of rotatable bonds is 7. The van der Waals surface area contributed by atoms with Gasteiger partial charge in [0.25, 0.3) is 0 Å². The van der Waals surface area contributed by atoms with Crippen molar-refractivity contribution >= 4 is 44.4 Å². The number of carbonyl (C=O) groups excluding carboxylic acids is 1. The van der Waals surface area contributed by atoms with E-state index in [0.717, 1.165) is 4.88 Å². The molecule has 0 saturated heterocycles. The fourth-order valence-corrected chi connectivity index (χ4v) is 4.67. The van der Waals surface area contributed by atoms with Crippen molar-refractivity contribution in [2.75, 3.05) is 10.7 Å². The fraction of sp³-hybridized carbons (Fsp3) is 0.150. The Bertz CT molecular complexity index is 1030. The van der Waals surface area contributed by atoms with Gasteiger partial charge in [0.05, 0.1) is 17.2 Å². The lowest BCUT2D eigenvalue weighted by Gasteiger charge is -2.22. The van der Waals surface area contributed by atoms with Crippen LogP contribution >= 0.6 is 22.9 Å². The van der Waals surface area contributed by atoms with Gasteiger partial charge in [0.2, 0.25) is 5.91 Å². The van der Waals surface area contributed by atoms with E-state index < -0.39 is 15.7 Å². The summed E-state index contributed by atoms with van der Waals surface area (Å²) in [4.78, 5) is 15.4. The lowest BCUT2D eigenvalue weighted by molar-refractivity contribution is -0.118. The zero-order valence-electron chi connectivity index (χ0n) is 14.7. The maximum Gasteiger partial charge on any atom is 0.228 e. The van der Waals surface area contributed by atoms with Gasteiger partial charge in [-0.3, -0.25) is 4.79 Å². The molecular formula is C20H17ClFNO3S2. The van der Waals surface area contributed by atoms with Gasteiger partial charge in [-0.25, -0.2) is 12.8 Å². The molecule has 0 aliphatic rings. The second-order valence-corrected chi connectivity index (χ2v) is 9.64. The van der Waals surface area contributed by atoms with Crippen LogP contribution in [0.15, 0.2) is 70.9 Å². The quantitative estimate of drug-likeness (QED) is 0.526. The number of anilines is 1. The maximum absolute atomic E-state index is 13.3. The van der Waals surface area contributed by atoms with Crippen LogP contribution in [0.25, 0.3) is 0 Å². The number of carbonyl (C=O) groups is 1. The molecule has 0 fully saturated rings. The van der Waals surface area contributed by atoms with Crippen molar-refractivity contribution in [2.24, 2.45) is 0 Å². The summed E-state index contributed by atoms with van der Waals surface area (Å²) in [5.41, 5.74) is 0.517.